The van der Waals surface area contributed by atoms with Crippen LogP contribution in [0.4, 0.5) is 5.69 Å². The highest BCUT2D eigenvalue weighted by atomic mass is 16.6. The molecular weight excluding hydrogens is 382 g/mol. The normalized spacial score (nSPS) is 18.7. The Balaban J connectivity index is 1.50. The van der Waals surface area contributed by atoms with Gasteiger partial charge in [0.1, 0.15) is 0 Å². The highest BCUT2D eigenvalue weighted by molar-refractivity contribution is 6.03. The molecule has 0 radical (unpaired) electrons. The van der Waals surface area contributed by atoms with Crippen LogP contribution in [-0.2, 0) is 6.42 Å². The first-order valence-corrected chi connectivity index (χ1v) is 9.41. The summed E-state index contributed by atoms with van der Waals surface area (Å²) in [5.74, 6) is 0.347. The fraction of sp³-hybridized carbons (Fsp3) is 0.0952. The van der Waals surface area contributed by atoms with E-state index >= 15 is 0 Å². The maximum atomic E-state index is 11.7. The Labute approximate surface area is 170 Å². The summed E-state index contributed by atoms with van der Waals surface area (Å²) in [4.78, 5) is 22.0. The summed E-state index contributed by atoms with van der Waals surface area (Å²) in [5.41, 5.74) is 8.42. The predicted molar refractivity (Wildman–Crippen MR) is 116 cm³/mol. The summed E-state index contributed by atoms with van der Waals surface area (Å²) < 4.78 is 0. The lowest BCUT2D eigenvalue weighted by atomic mass is 9.96. The number of aromatic nitrogens is 2. The van der Waals surface area contributed by atoms with E-state index in [1.54, 1.807) is 0 Å². The molecule has 9 nitrogen and oxygen atoms in total. The summed E-state index contributed by atoms with van der Waals surface area (Å²) in [6.07, 6.45) is 5.19. The van der Waals surface area contributed by atoms with E-state index < -0.39 is 10.6 Å². The molecule has 4 aromatic rings. The second-order valence-corrected chi connectivity index (χ2v) is 7.26. The molecule has 0 aliphatic carbocycles. The third kappa shape index (κ3) is 3.07. The second kappa shape index (κ2) is 6.75. The van der Waals surface area contributed by atoms with Gasteiger partial charge >= 0.3 is 5.70 Å². The first kappa shape index (κ1) is 18.0. The van der Waals surface area contributed by atoms with Gasteiger partial charge in [0.25, 0.3) is 0 Å². The Kier molecular flexibility index (Phi) is 4.04. The molecule has 1 unspecified atom stereocenters. The molecule has 150 valence electrons. The second-order valence-electron chi connectivity index (χ2n) is 7.26. The number of nitro groups is 1. The van der Waals surface area contributed by atoms with E-state index in [1.807, 2.05) is 60.9 Å². The number of aromatic amines is 2. The monoisotopic (exact) mass is 401 g/mol. The number of benzene rings is 2. The van der Waals surface area contributed by atoms with Crippen LogP contribution < -0.4 is 16.4 Å². The van der Waals surface area contributed by atoms with E-state index in [1.165, 1.54) is 6.20 Å². The first-order valence-electron chi connectivity index (χ1n) is 9.41. The van der Waals surface area contributed by atoms with Gasteiger partial charge in [-0.05, 0) is 47.3 Å². The summed E-state index contributed by atoms with van der Waals surface area (Å²) >= 11 is 0. The number of guanidine groups is 1. The molecule has 0 saturated carbocycles. The lowest BCUT2D eigenvalue weighted by Gasteiger charge is -2.27. The third-order valence-corrected chi connectivity index (χ3v) is 5.24. The zero-order valence-corrected chi connectivity index (χ0v) is 15.8. The lowest BCUT2D eigenvalue weighted by molar-refractivity contribution is -0.435. The van der Waals surface area contributed by atoms with Gasteiger partial charge in [-0.15, -0.1) is 0 Å². The van der Waals surface area contributed by atoms with Crippen molar-refractivity contribution in [3.8, 4) is 0 Å². The fourth-order valence-electron chi connectivity index (χ4n) is 3.80. The van der Waals surface area contributed by atoms with E-state index in [9.17, 15) is 10.1 Å². The van der Waals surface area contributed by atoms with Gasteiger partial charge in [0.2, 0.25) is 11.6 Å². The standard InChI is InChI=1S/C21H19N7O2/c22-21(11-13-4-5-16-14(10-13)6-8-23-16)19(28(29)30)12-25-20(27-21)26-18-3-1-2-17-15(18)7-9-24-17/h1-10,12,23-24H,11,22H2,(H2,25,26,27). The number of hydrogen-bond acceptors (Lipinski definition) is 6. The maximum Gasteiger partial charge on any atom is 0.304 e. The molecule has 0 spiro atoms. The Hall–Kier alpha value is -4.11. The van der Waals surface area contributed by atoms with Crippen molar-refractivity contribution in [2.45, 2.75) is 12.1 Å². The van der Waals surface area contributed by atoms with Gasteiger partial charge < -0.3 is 20.6 Å². The third-order valence-electron chi connectivity index (χ3n) is 5.24. The number of nitrogens with zero attached hydrogens (tertiary/aromatic N) is 2. The van der Waals surface area contributed by atoms with Crippen molar-refractivity contribution in [3.63, 3.8) is 0 Å². The molecule has 9 heteroatoms. The van der Waals surface area contributed by atoms with Crippen molar-refractivity contribution < 1.29 is 4.92 Å². The van der Waals surface area contributed by atoms with Crippen molar-refractivity contribution in [3.05, 3.63) is 88.5 Å². The molecule has 0 fully saturated rings. The van der Waals surface area contributed by atoms with Crippen molar-refractivity contribution in [2.75, 3.05) is 5.32 Å². The summed E-state index contributed by atoms with van der Waals surface area (Å²) in [6.45, 7) is 0. The molecule has 0 bridgehead atoms. The number of hydrogen-bond donors (Lipinski definition) is 5. The van der Waals surface area contributed by atoms with Crippen molar-refractivity contribution in [2.24, 2.45) is 10.7 Å². The van der Waals surface area contributed by atoms with Gasteiger partial charge in [-0.2, -0.15) is 0 Å². The van der Waals surface area contributed by atoms with Crippen LogP contribution in [0.15, 0.2) is 77.8 Å². The van der Waals surface area contributed by atoms with Crippen LogP contribution in [0.2, 0.25) is 0 Å². The Morgan fingerprint density at radius 1 is 1.10 bits per heavy atom. The minimum atomic E-state index is -1.52. The molecule has 1 aliphatic heterocycles. The fourth-order valence-corrected chi connectivity index (χ4v) is 3.80. The highest BCUT2D eigenvalue weighted by Gasteiger charge is 2.42. The largest absolute Gasteiger partial charge is 0.361 e. The lowest BCUT2D eigenvalue weighted by Crippen LogP contribution is -2.51. The van der Waals surface area contributed by atoms with Crippen molar-refractivity contribution in [1.82, 2.24) is 15.3 Å². The number of fused-ring (bicyclic) bond motifs is 2. The van der Waals surface area contributed by atoms with Crippen molar-refractivity contribution >= 4 is 33.5 Å². The molecule has 5 rings (SSSR count). The van der Waals surface area contributed by atoms with Gasteiger partial charge in [-0.1, -0.05) is 12.1 Å². The summed E-state index contributed by atoms with van der Waals surface area (Å²) in [5, 5.41) is 19.7. The molecule has 0 saturated heterocycles. The van der Waals surface area contributed by atoms with Gasteiger partial charge in [0, 0.05) is 35.2 Å². The van der Waals surface area contributed by atoms with Gasteiger partial charge in [0.05, 0.1) is 16.8 Å². The van der Waals surface area contributed by atoms with Gasteiger partial charge in [-0.25, -0.2) is 4.99 Å². The van der Waals surface area contributed by atoms with Gasteiger partial charge in [0.15, 0.2) is 0 Å². The van der Waals surface area contributed by atoms with Crippen LogP contribution in [-0.4, -0.2) is 26.5 Å². The first-order chi connectivity index (χ1) is 14.5. The molecule has 6 N–H and O–H groups in total. The minimum Gasteiger partial charge on any atom is -0.361 e. The topological polar surface area (TPSA) is 137 Å². The Bertz CT molecular complexity index is 1330. The van der Waals surface area contributed by atoms with E-state index in [2.05, 4.69) is 25.6 Å². The number of H-pyrrole nitrogens is 2. The maximum absolute atomic E-state index is 11.7. The van der Waals surface area contributed by atoms with E-state index in [0.717, 1.165) is 33.1 Å². The molecule has 2 aromatic carbocycles. The molecule has 2 aromatic heterocycles. The van der Waals surface area contributed by atoms with Crippen LogP contribution in [0, 0.1) is 10.1 Å². The molecule has 3 heterocycles. The number of rotatable bonds is 4. The highest BCUT2D eigenvalue weighted by Crippen LogP contribution is 2.27. The summed E-state index contributed by atoms with van der Waals surface area (Å²) in [7, 11) is 0. The van der Waals surface area contributed by atoms with Crippen LogP contribution >= 0.6 is 0 Å². The van der Waals surface area contributed by atoms with Crippen LogP contribution in [0.5, 0.6) is 0 Å². The molecular formula is C21H19N7O2. The number of nitrogens with two attached hydrogens (primary N) is 1. The van der Waals surface area contributed by atoms with Crippen LogP contribution in [0.3, 0.4) is 0 Å². The minimum absolute atomic E-state index is 0.183. The molecule has 1 aliphatic rings. The Morgan fingerprint density at radius 3 is 2.80 bits per heavy atom. The van der Waals surface area contributed by atoms with Crippen LogP contribution in [0.1, 0.15) is 5.56 Å². The van der Waals surface area contributed by atoms with E-state index in [4.69, 9.17) is 5.73 Å². The predicted octanol–water partition coefficient (Wildman–Crippen LogP) is 3.04. The smallest absolute Gasteiger partial charge is 0.304 e. The average molecular weight is 401 g/mol. The van der Waals surface area contributed by atoms with E-state index in [-0.39, 0.29) is 12.1 Å². The van der Waals surface area contributed by atoms with Gasteiger partial charge in [-0.3, -0.25) is 15.8 Å². The molecule has 0 amide bonds. The average Bonchev–Trinajstić information content (AvgIpc) is 3.36. The number of nitrogens with one attached hydrogen (secondary N) is 4. The van der Waals surface area contributed by atoms with Crippen molar-refractivity contribution in [1.29, 1.82) is 0 Å². The Morgan fingerprint density at radius 2 is 1.93 bits per heavy atom. The van der Waals surface area contributed by atoms with E-state index in [0.29, 0.717) is 5.96 Å². The quantitative estimate of drug-likeness (QED) is 0.264. The molecule has 1 atom stereocenters. The van der Waals surface area contributed by atoms with Crippen LogP contribution in [0.25, 0.3) is 21.8 Å². The molecule has 30 heavy (non-hydrogen) atoms. The summed E-state index contributed by atoms with van der Waals surface area (Å²) in [6, 6.07) is 15.5. The zero-order valence-electron chi connectivity index (χ0n) is 15.8. The number of aliphatic imine (C=N–C) groups is 1. The number of anilines is 1. The SMILES string of the molecule is NC1(Cc2ccc3[nH]ccc3c2)N=C(Nc2cccc3[nH]ccc23)NC=C1[N+](=O)[O-]. The zero-order chi connectivity index (χ0) is 20.7.